The maximum atomic E-state index is 13.6. The van der Waals surface area contributed by atoms with Crippen LogP contribution in [0.2, 0.25) is 0 Å². The van der Waals surface area contributed by atoms with E-state index < -0.39 is 15.9 Å². The first-order chi connectivity index (χ1) is 13.3. The highest BCUT2D eigenvalue weighted by atomic mass is 32.2. The summed E-state index contributed by atoms with van der Waals surface area (Å²) in [7, 11) is -3.74. The molecule has 2 aromatic rings. The Kier molecular flexibility index (Phi) is 6.43. The third-order valence-corrected chi connectivity index (χ3v) is 6.04. The fourth-order valence-electron chi connectivity index (χ4n) is 2.93. The number of ether oxygens (including phenoxy) is 1. The van der Waals surface area contributed by atoms with Gasteiger partial charge in [0.1, 0.15) is 5.82 Å². The average Bonchev–Trinajstić information content (AvgIpc) is 3.21. The van der Waals surface area contributed by atoms with Crippen molar-refractivity contribution in [3.05, 3.63) is 65.0 Å². The lowest BCUT2D eigenvalue weighted by Gasteiger charge is -2.12. The molecule has 0 spiro atoms. The van der Waals surface area contributed by atoms with Crippen LogP contribution in [0.1, 0.15) is 34.3 Å². The number of nitrogens with one attached hydrogen (secondary N) is 2. The van der Waals surface area contributed by atoms with Crippen LogP contribution in [0.3, 0.4) is 0 Å². The van der Waals surface area contributed by atoms with E-state index in [1.807, 2.05) is 0 Å². The molecule has 0 saturated carbocycles. The molecule has 8 heteroatoms. The Morgan fingerprint density at radius 1 is 1.25 bits per heavy atom. The second kappa shape index (κ2) is 8.81. The summed E-state index contributed by atoms with van der Waals surface area (Å²) in [5.41, 5.74) is 1.37. The molecule has 1 fully saturated rings. The predicted molar refractivity (Wildman–Crippen MR) is 103 cm³/mol. The number of aryl methyl sites for hydroxylation is 1. The van der Waals surface area contributed by atoms with Crippen molar-refractivity contribution in [1.29, 1.82) is 0 Å². The number of benzene rings is 2. The summed E-state index contributed by atoms with van der Waals surface area (Å²) in [6.07, 6.45) is 1.63. The van der Waals surface area contributed by atoms with Crippen LogP contribution >= 0.6 is 0 Å². The highest BCUT2D eigenvalue weighted by Crippen LogP contribution is 2.15. The molecule has 0 bridgehead atoms. The lowest BCUT2D eigenvalue weighted by atomic mass is 10.1. The molecule has 1 aliphatic rings. The molecule has 2 N–H and O–H groups in total. The summed E-state index contributed by atoms with van der Waals surface area (Å²) in [5, 5.41) is 2.68. The van der Waals surface area contributed by atoms with Crippen molar-refractivity contribution in [2.75, 3.05) is 13.2 Å². The number of rotatable bonds is 7. The topological polar surface area (TPSA) is 84.5 Å². The monoisotopic (exact) mass is 406 g/mol. The fourth-order valence-corrected chi connectivity index (χ4v) is 4.04. The van der Waals surface area contributed by atoms with Crippen molar-refractivity contribution in [2.45, 2.75) is 37.3 Å². The van der Waals surface area contributed by atoms with Gasteiger partial charge < -0.3 is 10.1 Å². The Morgan fingerprint density at radius 2 is 2.07 bits per heavy atom. The highest BCUT2D eigenvalue weighted by molar-refractivity contribution is 7.89. The zero-order chi connectivity index (χ0) is 20.1. The molecule has 0 aliphatic carbocycles. The van der Waals surface area contributed by atoms with E-state index in [2.05, 4.69) is 10.0 Å². The van der Waals surface area contributed by atoms with E-state index in [1.165, 1.54) is 30.3 Å². The second-order valence-corrected chi connectivity index (χ2v) is 8.55. The molecular weight excluding hydrogens is 383 g/mol. The van der Waals surface area contributed by atoms with Gasteiger partial charge in [0.2, 0.25) is 10.0 Å². The van der Waals surface area contributed by atoms with Crippen LogP contribution in [0.25, 0.3) is 0 Å². The Balaban J connectivity index is 1.64. The standard InChI is InChI=1S/C20H23FN2O4S/c1-14-7-8-15(10-19(14)21)12-22-20(24)16-4-2-6-18(11-16)28(25,26)23-13-17-5-3-9-27-17/h2,4,6-8,10-11,17,23H,3,5,9,12-13H2,1H3,(H,22,24). The van der Waals surface area contributed by atoms with Crippen LogP contribution in [0.4, 0.5) is 4.39 Å². The lowest BCUT2D eigenvalue weighted by molar-refractivity contribution is 0.0950. The van der Waals surface area contributed by atoms with Crippen LogP contribution in [0, 0.1) is 12.7 Å². The van der Waals surface area contributed by atoms with Gasteiger partial charge in [0, 0.05) is 25.3 Å². The van der Waals surface area contributed by atoms with Gasteiger partial charge in [-0.2, -0.15) is 0 Å². The summed E-state index contributed by atoms with van der Waals surface area (Å²) in [5.74, 6) is -0.769. The number of hydrogen-bond donors (Lipinski definition) is 2. The average molecular weight is 406 g/mol. The van der Waals surface area contributed by atoms with Crippen molar-refractivity contribution in [3.8, 4) is 0 Å². The Hall–Kier alpha value is -2.29. The fraction of sp³-hybridized carbons (Fsp3) is 0.350. The van der Waals surface area contributed by atoms with E-state index in [-0.39, 0.29) is 35.5 Å². The van der Waals surface area contributed by atoms with Crippen LogP contribution in [-0.4, -0.2) is 33.6 Å². The summed E-state index contributed by atoms with van der Waals surface area (Å²) < 4.78 is 46.5. The molecule has 150 valence electrons. The molecule has 3 rings (SSSR count). The minimum atomic E-state index is -3.74. The zero-order valence-electron chi connectivity index (χ0n) is 15.6. The molecule has 1 heterocycles. The van der Waals surface area contributed by atoms with Crippen molar-refractivity contribution in [1.82, 2.24) is 10.0 Å². The first-order valence-electron chi connectivity index (χ1n) is 9.10. The van der Waals surface area contributed by atoms with Crippen LogP contribution in [0.15, 0.2) is 47.4 Å². The molecule has 2 aromatic carbocycles. The molecule has 28 heavy (non-hydrogen) atoms. The minimum absolute atomic E-state index is 0.0135. The quantitative estimate of drug-likeness (QED) is 0.740. The van der Waals surface area contributed by atoms with Crippen molar-refractivity contribution in [3.63, 3.8) is 0 Å². The Morgan fingerprint density at radius 3 is 2.79 bits per heavy atom. The highest BCUT2D eigenvalue weighted by Gasteiger charge is 2.21. The van der Waals surface area contributed by atoms with E-state index in [1.54, 1.807) is 19.1 Å². The van der Waals surface area contributed by atoms with Gasteiger partial charge in [-0.05, 0) is 55.2 Å². The Bertz CT molecular complexity index is 956. The van der Waals surface area contributed by atoms with Crippen molar-refractivity contribution >= 4 is 15.9 Å². The SMILES string of the molecule is Cc1ccc(CNC(=O)c2cccc(S(=O)(=O)NCC3CCCO3)c2)cc1F. The summed E-state index contributed by atoms with van der Waals surface area (Å²) in [4.78, 5) is 12.4. The lowest BCUT2D eigenvalue weighted by Crippen LogP contribution is -2.32. The van der Waals surface area contributed by atoms with E-state index in [0.717, 1.165) is 12.8 Å². The number of carbonyl (C=O) groups is 1. The summed E-state index contributed by atoms with van der Waals surface area (Å²) >= 11 is 0. The molecular formula is C20H23FN2O4S. The minimum Gasteiger partial charge on any atom is -0.377 e. The van der Waals surface area contributed by atoms with Gasteiger partial charge in [-0.15, -0.1) is 0 Å². The van der Waals surface area contributed by atoms with Crippen LogP contribution < -0.4 is 10.0 Å². The van der Waals surface area contributed by atoms with E-state index in [9.17, 15) is 17.6 Å². The van der Waals surface area contributed by atoms with Crippen molar-refractivity contribution < 1.29 is 22.3 Å². The molecule has 6 nitrogen and oxygen atoms in total. The molecule has 1 unspecified atom stereocenters. The first kappa shape index (κ1) is 20.4. The molecule has 0 radical (unpaired) electrons. The third-order valence-electron chi connectivity index (χ3n) is 4.62. The molecule has 1 atom stereocenters. The van der Waals surface area contributed by atoms with Gasteiger partial charge in [0.25, 0.3) is 5.91 Å². The third kappa shape index (κ3) is 5.15. The van der Waals surface area contributed by atoms with Gasteiger partial charge in [0.05, 0.1) is 11.0 Å². The first-order valence-corrected chi connectivity index (χ1v) is 10.6. The number of carbonyl (C=O) groups excluding carboxylic acids is 1. The second-order valence-electron chi connectivity index (χ2n) is 6.78. The van der Waals surface area contributed by atoms with Crippen molar-refractivity contribution in [2.24, 2.45) is 0 Å². The molecule has 1 aliphatic heterocycles. The van der Waals surface area contributed by atoms with Gasteiger partial charge in [-0.1, -0.05) is 18.2 Å². The number of hydrogen-bond acceptors (Lipinski definition) is 4. The normalized spacial score (nSPS) is 16.9. The molecule has 1 amide bonds. The van der Waals surface area contributed by atoms with E-state index in [0.29, 0.717) is 17.7 Å². The van der Waals surface area contributed by atoms with Gasteiger partial charge in [-0.25, -0.2) is 17.5 Å². The molecule has 0 aromatic heterocycles. The summed E-state index contributed by atoms with van der Waals surface area (Å²) in [6, 6.07) is 10.5. The Labute approximate surface area is 164 Å². The zero-order valence-corrected chi connectivity index (χ0v) is 16.4. The smallest absolute Gasteiger partial charge is 0.251 e. The largest absolute Gasteiger partial charge is 0.377 e. The maximum absolute atomic E-state index is 13.6. The van der Waals surface area contributed by atoms with Crippen LogP contribution in [-0.2, 0) is 21.3 Å². The predicted octanol–water partition coefficient (Wildman–Crippen LogP) is 2.52. The number of amides is 1. The van der Waals surface area contributed by atoms with Crippen LogP contribution in [0.5, 0.6) is 0 Å². The summed E-state index contributed by atoms with van der Waals surface area (Å²) in [6.45, 7) is 2.66. The van der Waals surface area contributed by atoms with Gasteiger partial charge in [0.15, 0.2) is 0 Å². The number of halogens is 1. The number of sulfonamides is 1. The van der Waals surface area contributed by atoms with E-state index in [4.69, 9.17) is 4.74 Å². The van der Waals surface area contributed by atoms with Gasteiger partial charge in [-0.3, -0.25) is 4.79 Å². The van der Waals surface area contributed by atoms with E-state index >= 15 is 0 Å². The molecule has 1 saturated heterocycles. The van der Waals surface area contributed by atoms with Gasteiger partial charge >= 0.3 is 0 Å². The maximum Gasteiger partial charge on any atom is 0.251 e.